The second-order valence-corrected chi connectivity index (χ2v) is 4.53. The van der Waals surface area contributed by atoms with Crippen molar-refractivity contribution in [2.45, 2.75) is 26.0 Å². The first kappa shape index (κ1) is 12.8. The maximum Gasteiger partial charge on any atom is 0.224 e. The van der Waals surface area contributed by atoms with Crippen LogP contribution in [0.2, 0.25) is 0 Å². The molecule has 0 bridgehead atoms. The fraction of sp³-hybridized carbons (Fsp3) is 0.333. The van der Waals surface area contributed by atoms with Crippen LogP contribution in [0.5, 0.6) is 0 Å². The first-order valence-corrected chi connectivity index (χ1v) is 6.12. The third-order valence-corrected chi connectivity index (χ3v) is 2.86. The molecule has 0 spiro atoms. The predicted molar refractivity (Wildman–Crippen MR) is 67.3 cm³/mol. The summed E-state index contributed by atoms with van der Waals surface area (Å²) in [7, 11) is 0. The SMILES string of the molecule is CCC(=O)Nc1cccc(CSC(C)=O)c1. The van der Waals surface area contributed by atoms with Gasteiger partial charge in [-0.15, -0.1) is 0 Å². The quantitative estimate of drug-likeness (QED) is 0.875. The molecule has 0 radical (unpaired) electrons. The van der Waals surface area contributed by atoms with E-state index >= 15 is 0 Å². The largest absolute Gasteiger partial charge is 0.326 e. The number of hydrogen-bond acceptors (Lipinski definition) is 3. The van der Waals surface area contributed by atoms with Crippen molar-refractivity contribution in [2.24, 2.45) is 0 Å². The highest BCUT2D eigenvalue weighted by molar-refractivity contribution is 8.12. The standard InChI is InChI=1S/C12H15NO2S/c1-3-12(15)13-11-6-4-5-10(7-11)8-16-9(2)14/h4-7H,3,8H2,1-2H3,(H,13,15). The summed E-state index contributed by atoms with van der Waals surface area (Å²) < 4.78 is 0. The predicted octanol–water partition coefficient (Wildman–Crippen LogP) is 2.81. The molecule has 0 aliphatic heterocycles. The zero-order valence-corrected chi connectivity index (χ0v) is 10.3. The van der Waals surface area contributed by atoms with Gasteiger partial charge in [-0.05, 0) is 17.7 Å². The van der Waals surface area contributed by atoms with Crippen LogP contribution >= 0.6 is 11.8 Å². The summed E-state index contributed by atoms with van der Waals surface area (Å²) in [6.45, 7) is 3.36. The van der Waals surface area contributed by atoms with E-state index < -0.39 is 0 Å². The summed E-state index contributed by atoms with van der Waals surface area (Å²) in [5, 5.41) is 2.89. The summed E-state index contributed by atoms with van der Waals surface area (Å²) >= 11 is 1.27. The molecule has 1 rings (SSSR count). The molecule has 1 aromatic rings. The Bertz CT molecular complexity index is 390. The van der Waals surface area contributed by atoms with Crippen molar-refractivity contribution in [3.63, 3.8) is 0 Å². The molecule has 0 saturated carbocycles. The van der Waals surface area contributed by atoms with E-state index in [4.69, 9.17) is 0 Å². The average molecular weight is 237 g/mol. The number of amides is 1. The van der Waals surface area contributed by atoms with Crippen molar-refractivity contribution in [1.29, 1.82) is 0 Å². The van der Waals surface area contributed by atoms with Crippen LogP contribution in [0.15, 0.2) is 24.3 Å². The second-order valence-electron chi connectivity index (χ2n) is 3.38. The van der Waals surface area contributed by atoms with Crippen LogP contribution in [-0.4, -0.2) is 11.0 Å². The van der Waals surface area contributed by atoms with Crippen molar-refractivity contribution < 1.29 is 9.59 Å². The molecule has 0 aliphatic carbocycles. The van der Waals surface area contributed by atoms with Gasteiger partial charge >= 0.3 is 0 Å². The molecule has 0 unspecified atom stereocenters. The van der Waals surface area contributed by atoms with E-state index in [1.807, 2.05) is 31.2 Å². The first-order valence-electron chi connectivity index (χ1n) is 5.14. The van der Waals surface area contributed by atoms with E-state index in [1.165, 1.54) is 11.8 Å². The Morgan fingerprint density at radius 2 is 2.12 bits per heavy atom. The van der Waals surface area contributed by atoms with Gasteiger partial charge < -0.3 is 5.32 Å². The third-order valence-electron chi connectivity index (χ3n) is 1.97. The van der Waals surface area contributed by atoms with Crippen LogP contribution < -0.4 is 5.32 Å². The first-order chi connectivity index (χ1) is 7.61. The van der Waals surface area contributed by atoms with Crippen LogP contribution in [0.3, 0.4) is 0 Å². The van der Waals surface area contributed by atoms with Gasteiger partial charge in [0.15, 0.2) is 5.12 Å². The third kappa shape index (κ3) is 4.49. The Morgan fingerprint density at radius 1 is 1.38 bits per heavy atom. The van der Waals surface area contributed by atoms with Crippen LogP contribution in [-0.2, 0) is 15.3 Å². The summed E-state index contributed by atoms with van der Waals surface area (Å²) in [4.78, 5) is 22.0. The molecule has 0 fully saturated rings. The molecule has 0 aliphatic rings. The maximum absolute atomic E-state index is 11.2. The number of carbonyl (C=O) groups is 2. The Kier molecular flexibility index (Phi) is 5.05. The highest BCUT2D eigenvalue weighted by Crippen LogP contribution is 2.17. The van der Waals surface area contributed by atoms with E-state index in [9.17, 15) is 9.59 Å². The lowest BCUT2D eigenvalue weighted by Crippen LogP contribution is -2.09. The summed E-state index contributed by atoms with van der Waals surface area (Å²) in [6, 6.07) is 7.55. The maximum atomic E-state index is 11.2. The molecule has 0 heterocycles. The average Bonchev–Trinajstić information content (AvgIpc) is 2.26. The van der Waals surface area contributed by atoms with Gasteiger partial charge in [0.2, 0.25) is 5.91 Å². The van der Waals surface area contributed by atoms with Gasteiger partial charge in [0.1, 0.15) is 0 Å². The van der Waals surface area contributed by atoms with Crippen LogP contribution in [0, 0.1) is 0 Å². The van der Waals surface area contributed by atoms with Crippen molar-refractivity contribution in [3.8, 4) is 0 Å². The zero-order chi connectivity index (χ0) is 12.0. The summed E-state index contributed by atoms with van der Waals surface area (Å²) in [6.07, 6.45) is 0.465. The molecule has 3 nitrogen and oxygen atoms in total. The normalized spacial score (nSPS) is 9.88. The highest BCUT2D eigenvalue weighted by Gasteiger charge is 2.01. The number of rotatable bonds is 4. The summed E-state index contributed by atoms with van der Waals surface area (Å²) in [5.74, 6) is 0.641. The molecular weight excluding hydrogens is 222 g/mol. The molecule has 0 aromatic heterocycles. The van der Waals surface area contributed by atoms with Gasteiger partial charge in [-0.1, -0.05) is 30.8 Å². The Hall–Kier alpha value is -1.29. The molecule has 1 N–H and O–H groups in total. The van der Waals surface area contributed by atoms with E-state index in [-0.39, 0.29) is 11.0 Å². The second kappa shape index (κ2) is 6.33. The smallest absolute Gasteiger partial charge is 0.224 e. The van der Waals surface area contributed by atoms with E-state index in [1.54, 1.807) is 6.92 Å². The molecule has 0 atom stereocenters. The molecular formula is C12H15NO2S. The van der Waals surface area contributed by atoms with Gasteiger partial charge in [0.05, 0.1) is 0 Å². The highest BCUT2D eigenvalue weighted by atomic mass is 32.2. The molecule has 0 saturated heterocycles. The molecule has 86 valence electrons. The van der Waals surface area contributed by atoms with Crippen molar-refractivity contribution in [1.82, 2.24) is 0 Å². The number of carbonyl (C=O) groups excluding carboxylic acids is 2. The lowest BCUT2D eigenvalue weighted by molar-refractivity contribution is -0.116. The Morgan fingerprint density at radius 3 is 2.75 bits per heavy atom. The number of nitrogens with one attached hydrogen (secondary N) is 1. The van der Waals surface area contributed by atoms with E-state index in [0.29, 0.717) is 12.2 Å². The number of thioether (sulfide) groups is 1. The molecule has 4 heteroatoms. The lowest BCUT2D eigenvalue weighted by atomic mass is 10.2. The minimum Gasteiger partial charge on any atom is -0.326 e. The van der Waals surface area contributed by atoms with E-state index in [0.717, 1.165) is 11.3 Å². The van der Waals surface area contributed by atoms with Gasteiger partial charge in [0, 0.05) is 24.8 Å². The number of benzene rings is 1. The topological polar surface area (TPSA) is 46.2 Å². The van der Waals surface area contributed by atoms with Gasteiger partial charge in [-0.2, -0.15) is 0 Å². The lowest BCUT2D eigenvalue weighted by Gasteiger charge is -2.05. The summed E-state index contributed by atoms with van der Waals surface area (Å²) in [5.41, 5.74) is 1.82. The van der Waals surface area contributed by atoms with Crippen LogP contribution in [0.4, 0.5) is 5.69 Å². The van der Waals surface area contributed by atoms with E-state index in [2.05, 4.69) is 5.32 Å². The van der Waals surface area contributed by atoms with Crippen molar-refractivity contribution in [3.05, 3.63) is 29.8 Å². The van der Waals surface area contributed by atoms with Crippen molar-refractivity contribution in [2.75, 3.05) is 5.32 Å². The van der Waals surface area contributed by atoms with Gasteiger partial charge in [-0.3, -0.25) is 9.59 Å². The van der Waals surface area contributed by atoms with Gasteiger partial charge in [-0.25, -0.2) is 0 Å². The fourth-order valence-electron chi connectivity index (χ4n) is 1.17. The van der Waals surface area contributed by atoms with Gasteiger partial charge in [0.25, 0.3) is 0 Å². The number of hydrogen-bond donors (Lipinski definition) is 1. The molecule has 1 amide bonds. The zero-order valence-electron chi connectivity index (χ0n) is 9.45. The Labute approximate surface area is 99.6 Å². The number of anilines is 1. The van der Waals surface area contributed by atoms with Crippen molar-refractivity contribution >= 4 is 28.5 Å². The molecule has 16 heavy (non-hydrogen) atoms. The minimum absolute atomic E-state index is 0.00336. The Balaban J connectivity index is 2.63. The fourth-order valence-corrected chi connectivity index (χ4v) is 1.72. The van der Waals surface area contributed by atoms with Crippen LogP contribution in [0.1, 0.15) is 25.8 Å². The minimum atomic E-state index is -0.00336. The molecule has 1 aromatic carbocycles. The monoisotopic (exact) mass is 237 g/mol. The van der Waals surface area contributed by atoms with Crippen LogP contribution in [0.25, 0.3) is 0 Å².